The van der Waals surface area contributed by atoms with E-state index in [2.05, 4.69) is 51.8 Å². The summed E-state index contributed by atoms with van der Waals surface area (Å²) in [5.74, 6) is 0.883. The normalized spacial score (nSPS) is 24.1. The largest absolute Gasteiger partial charge is 0.378 e. The quantitative estimate of drug-likeness (QED) is 0.466. The van der Waals surface area contributed by atoms with Crippen LogP contribution in [0.5, 0.6) is 0 Å². The number of rotatable bonds is 10. The summed E-state index contributed by atoms with van der Waals surface area (Å²) in [5, 5.41) is 3.62. The highest BCUT2D eigenvalue weighted by molar-refractivity contribution is 4.80. The van der Waals surface area contributed by atoms with E-state index in [1.807, 2.05) is 0 Å². The van der Waals surface area contributed by atoms with Crippen molar-refractivity contribution in [2.24, 2.45) is 11.3 Å². The lowest BCUT2D eigenvalue weighted by atomic mass is 9.72. The molecule has 1 fully saturated rings. The zero-order valence-corrected chi connectivity index (χ0v) is 16.7. The van der Waals surface area contributed by atoms with Gasteiger partial charge in [-0.25, -0.2) is 0 Å². The molecule has 0 aliphatic heterocycles. The third kappa shape index (κ3) is 8.00. The molecule has 0 spiro atoms. The molecule has 1 unspecified atom stereocenters. The van der Waals surface area contributed by atoms with Gasteiger partial charge in [-0.05, 0) is 76.4 Å². The van der Waals surface area contributed by atoms with E-state index in [9.17, 15) is 0 Å². The maximum absolute atomic E-state index is 6.10. The molecule has 1 aliphatic carbocycles. The summed E-state index contributed by atoms with van der Waals surface area (Å²) in [6, 6.07) is 0. The molecule has 1 rings (SSSR count). The van der Waals surface area contributed by atoms with E-state index in [0.717, 1.165) is 32.2 Å². The number of nitrogens with zero attached hydrogens (tertiary/aromatic N) is 1. The van der Waals surface area contributed by atoms with Gasteiger partial charge in [0.2, 0.25) is 0 Å². The molecular weight excluding hydrogens is 284 g/mol. The smallest absolute Gasteiger partial charge is 0.0575 e. The standard InChI is InChI=1S/C20H42N2O/c1-7-22(8-2)17(3)21-15-9-10-16-23-19-13-11-18(12-14-19)20(4,5)6/h17-19,21H,7-16H2,1-6H3. The molecule has 0 aromatic carbocycles. The molecule has 0 heterocycles. The number of ether oxygens (including phenoxy) is 1. The Morgan fingerprint density at radius 3 is 2.17 bits per heavy atom. The number of hydrogen-bond donors (Lipinski definition) is 1. The van der Waals surface area contributed by atoms with Crippen LogP contribution in [0.3, 0.4) is 0 Å². The molecule has 1 saturated carbocycles. The molecule has 0 saturated heterocycles. The molecular formula is C20H42N2O. The van der Waals surface area contributed by atoms with Crippen LogP contribution in [0.2, 0.25) is 0 Å². The molecule has 1 atom stereocenters. The van der Waals surface area contributed by atoms with Gasteiger partial charge in [0, 0.05) is 6.61 Å². The van der Waals surface area contributed by atoms with Crippen LogP contribution in [0.15, 0.2) is 0 Å². The third-order valence-electron chi connectivity index (χ3n) is 5.62. The minimum Gasteiger partial charge on any atom is -0.378 e. The van der Waals surface area contributed by atoms with Gasteiger partial charge in [0.15, 0.2) is 0 Å². The van der Waals surface area contributed by atoms with Crippen LogP contribution >= 0.6 is 0 Å². The molecule has 0 radical (unpaired) electrons. The average molecular weight is 327 g/mol. The fourth-order valence-electron chi connectivity index (χ4n) is 3.78. The van der Waals surface area contributed by atoms with Gasteiger partial charge in [0.25, 0.3) is 0 Å². The highest BCUT2D eigenvalue weighted by Crippen LogP contribution is 2.38. The predicted octanol–water partition coefficient (Wildman–Crippen LogP) is 4.67. The molecule has 0 bridgehead atoms. The lowest BCUT2D eigenvalue weighted by Gasteiger charge is -2.36. The Balaban J connectivity index is 2.02. The first kappa shape index (κ1) is 20.9. The van der Waals surface area contributed by atoms with E-state index in [1.165, 1.54) is 38.5 Å². The molecule has 0 amide bonds. The van der Waals surface area contributed by atoms with Gasteiger partial charge in [-0.3, -0.25) is 4.90 Å². The first-order chi connectivity index (χ1) is 10.9. The van der Waals surface area contributed by atoms with Crippen molar-refractivity contribution in [3.05, 3.63) is 0 Å². The van der Waals surface area contributed by atoms with Crippen molar-refractivity contribution in [2.75, 3.05) is 26.2 Å². The fraction of sp³-hybridized carbons (Fsp3) is 1.00. The topological polar surface area (TPSA) is 24.5 Å². The van der Waals surface area contributed by atoms with E-state index in [4.69, 9.17) is 4.74 Å². The van der Waals surface area contributed by atoms with Crippen LogP contribution in [0, 0.1) is 11.3 Å². The summed E-state index contributed by atoms with van der Waals surface area (Å²) in [7, 11) is 0. The second kappa shape index (κ2) is 10.7. The lowest BCUT2D eigenvalue weighted by molar-refractivity contribution is 0.00226. The highest BCUT2D eigenvalue weighted by atomic mass is 16.5. The second-order valence-electron chi connectivity index (χ2n) is 8.27. The summed E-state index contributed by atoms with van der Waals surface area (Å²) in [5.41, 5.74) is 0.470. The summed E-state index contributed by atoms with van der Waals surface area (Å²) < 4.78 is 6.10. The molecule has 138 valence electrons. The monoisotopic (exact) mass is 326 g/mol. The van der Waals surface area contributed by atoms with E-state index < -0.39 is 0 Å². The number of nitrogens with one attached hydrogen (secondary N) is 1. The fourth-order valence-corrected chi connectivity index (χ4v) is 3.78. The van der Waals surface area contributed by atoms with Gasteiger partial charge in [0.1, 0.15) is 0 Å². The van der Waals surface area contributed by atoms with E-state index in [-0.39, 0.29) is 0 Å². The zero-order chi connectivity index (χ0) is 17.3. The van der Waals surface area contributed by atoms with Crippen LogP contribution in [-0.2, 0) is 4.74 Å². The van der Waals surface area contributed by atoms with Crippen molar-refractivity contribution in [3.63, 3.8) is 0 Å². The van der Waals surface area contributed by atoms with Crippen LogP contribution < -0.4 is 5.32 Å². The van der Waals surface area contributed by atoms with Crippen molar-refractivity contribution >= 4 is 0 Å². The Labute approximate surface area is 145 Å². The maximum Gasteiger partial charge on any atom is 0.0575 e. The molecule has 3 nitrogen and oxygen atoms in total. The van der Waals surface area contributed by atoms with Gasteiger partial charge in [-0.2, -0.15) is 0 Å². The molecule has 0 aromatic heterocycles. The van der Waals surface area contributed by atoms with E-state index >= 15 is 0 Å². The molecule has 3 heteroatoms. The Bertz CT molecular complexity index is 289. The second-order valence-corrected chi connectivity index (χ2v) is 8.27. The van der Waals surface area contributed by atoms with Gasteiger partial charge >= 0.3 is 0 Å². The van der Waals surface area contributed by atoms with Gasteiger partial charge < -0.3 is 10.1 Å². The highest BCUT2D eigenvalue weighted by Gasteiger charge is 2.29. The van der Waals surface area contributed by atoms with Crippen molar-refractivity contribution in [2.45, 2.75) is 92.3 Å². The van der Waals surface area contributed by atoms with Crippen molar-refractivity contribution < 1.29 is 4.74 Å². The van der Waals surface area contributed by atoms with Gasteiger partial charge in [-0.15, -0.1) is 0 Å². The van der Waals surface area contributed by atoms with Crippen molar-refractivity contribution in [1.82, 2.24) is 10.2 Å². The summed E-state index contributed by atoms with van der Waals surface area (Å²) >= 11 is 0. The first-order valence-electron chi connectivity index (χ1n) is 9.97. The Hall–Kier alpha value is -0.120. The zero-order valence-electron chi connectivity index (χ0n) is 16.7. The third-order valence-corrected chi connectivity index (χ3v) is 5.62. The Kier molecular flexibility index (Phi) is 9.72. The Morgan fingerprint density at radius 1 is 1.04 bits per heavy atom. The van der Waals surface area contributed by atoms with Crippen LogP contribution in [0.4, 0.5) is 0 Å². The van der Waals surface area contributed by atoms with Crippen LogP contribution in [0.25, 0.3) is 0 Å². The summed E-state index contributed by atoms with van der Waals surface area (Å²) in [4.78, 5) is 2.45. The van der Waals surface area contributed by atoms with Crippen LogP contribution in [-0.4, -0.2) is 43.4 Å². The minimum absolute atomic E-state index is 0.470. The molecule has 23 heavy (non-hydrogen) atoms. The van der Waals surface area contributed by atoms with Gasteiger partial charge in [0.05, 0.1) is 12.3 Å². The predicted molar refractivity (Wildman–Crippen MR) is 101 cm³/mol. The lowest BCUT2D eigenvalue weighted by Crippen LogP contribution is -2.43. The van der Waals surface area contributed by atoms with E-state index in [1.54, 1.807) is 0 Å². The molecule has 0 aromatic rings. The molecule has 1 aliphatic rings. The molecule has 1 N–H and O–H groups in total. The van der Waals surface area contributed by atoms with Crippen molar-refractivity contribution in [3.8, 4) is 0 Å². The minimum atomic E-state index is 0.470. The number of unbranched alkanes of at least 4 members (excludes halogenated alkanes) is 1. The van der Waals surface area contributed by atoms with Crippen molar-refractivity contribution in [1.29, 1.82) is 0 Å². The first-order valence-corrected chi connectivity index (χ1v) is 9.97. The maximum atomic E-state index is 6.10. The van der Waals surface area contributed by atoms with Gasteiger partial charge in [-0.1, -0.05) is 34.6 Å². The average Bonchev–Trinajstić information content (AvgIpc) is 2.51. The number of hydrogen-bond acceptors (Lipinski definition) is 3. The summed E-state index contributed by atoms with van der Waals surface area (Å²) in [6.45, 7) is 18.1. The summed E-state index contributed by atoms with van der Waals surface area (Å²) in [6.07, 6.45) is 8.61. The van der Waals surface area contributed by atoms with Crippen LogP contribution in [0.1, 0.15) is 80.1 Å². The Morgan fingerprint density at radius 2 is 1.65 bits per heavy atom. The van der Waals surface area contributed by atoms with E-state index in [0.29, 0.717) is 17.7 Å². The SMILES string of the molecule is CCN(CC)C(C)NCCCCOC1CCC(C(C)(C)C)CC1.